The summed E-state index contributed by atoms with van der Waals surface area (Å²) < 4.78 is 11.1. The minimum Gasteiger partial charge on any atom is -0.495 e. The van der Waals surface area contributed by atoms with Crippen LogP contribution in [0, 0.1) is 13.8 Å². The lowest BCUT2D eigenvalue weighted by atomic mass is 9.93. The van der Waals surface area contributed by atoms with Crippen LogP contribution in [0.4, 0.5) is 10.5 Å². The number of ether oxygens (including phenoxy) is 1. The van der Waals surface area contributed by atoms with E-state index in [9.17, 15) is 9.59 Å². The minimum atomic E-state index is -0.736. The molecular weight excluding hydrogens is 348 g/mol. The Morgan fingerprint density at radius 1 is 1.26 bits per heavy atom. The first-order chi connectivity index (χ1) is 12.9. The molecule has 0 aliphatic heterocycles. The maximum Gasteiger partial charge on any atom is 0.332 e. The zero-order valence-electron chi connectivity index (χ0n) is 15.5. The standard InChI is InChI=1S/C19H22N4O4/c1-10-7-8-14(26-3)13(9-10)21-18(24)17-11(2)16-12(22-23-19(20)25)5-4-6-15(16)27-17/h7-9H,4-6H2,1-3H3,(H,21,24)(H3,20,23,25)/b22-12+. The van der Waals surface area contributed by atoms with Crippen molar-refractivity contribution in [2.75, 3.05) is 12.4 Å². The zero-order valence-corrected chi connectivity index (χ0v) is 15.5. The molecule has 4 N–H and O–H groups in total. The van der Waals surface area contributed by atoms with Gasteiger partial charge in [-0.1, -0.05) is 6.07 Å². The summed E-state index contributed by atoms with van der Waals surface area (Å²) in [6, 6.07) is 4.80. The number of aryl methyl sites for hydroxylation is 2. The van der Waals surface area contributed by atoms with Crippen molar-refractivity contribution < 1.29 is 18.7 Å². The van der Waals surface area contributed by atoms with Gasteiger partial charge in [-0.3, -0.25) is 4.79 Å². The second-order valence-corrected chi connectivity index (χ2v) is 6.40. The van der Waals surface area contributed by atoms with E-state index in [1.165, 1.54) is 0 Å². The molecule has 2 aromatic rings. The van der Waals surface area contributed by atoms with E-state index in [1.54, 1.807) is 20.1 Å². The third-order valence-electron chi connectivity index (χ3n) is 4.44. The van der Waals surface area contributed by atoms with Gasteiger partial charge in [0.2, 0.25) is 0 Å². The van der Waals surface area contributed by atoms with E-state index < -0.39 is 6.03 Å². The van der Waals surface area contributed by atoms with Crippen molar-refractivity contribution >= 4 is 23.3 Å². The van der Waals surface area contributed by atoms with E-state index in [2.05, 4.69) is 15.8 Å². The second kappa shape index (κ2) is 7.53. The molecule has 8 heteroatoms. The summed E-state index contributed by atoms with van der Waals surface area (Å²) in [6.45, 7) is 3.73. The molecule has 0 unspecified atom stereocenters. The lowest BCUT2D eigenvalue weighted by Crippen LogP contribution is -2.27. The first-order valence-electron chi connectivity index (χ1n) is 8.61. The van der Waals surface area contributed by atoms with Crippen molar-refractivity contribution in [1.29, 1.82) is 0 Å². The van der Waals surface area contributed by atoms with Gasteiger partial charge in [0.1, 0.15) is 11.5 Å². The van der Waals surface area contributed by atoms with Crippen LogP contribution >= 0.6 is 0 Å². The third kappa shape index (κ3) is 3.79. The number of fused-ring (bicyclic) bond motifs is 1. The predicted molar refractivity (Wildman–Crippen MR) is 101 cm³/mol. The molecule has 0 atom stereocenters. The molecule has 3 rings (SSSR count). The molecule has 0 saturated heterocycles. The van der Waals surface area contributed by atoms with Crippen LogP contribution in [0.15, 0.2) is 27.7 Å². The molecule has 0 spiro atoms. The number of nitrogens with two attached hydrogens (primary N) is 1. The number of hydrazone groups is 1. The largest absolute Gasteiger partial charge is 0.495 e. The number of hydrogen-bond acceptors (Lipinski definition) is 5. The Morgan fingerprint density at radius 2 is 2.04 bits per heavy atom. The Hall–Kier alpha value is -3.29. The summed E-state index contributed by atoms with van der Waals surface area (Å²) in [7, 11) is 1.55. The van der Waals surface area contributed by atoms with Gasteiger partial charge in [-0.25, -0.2) is 10.2 Å². The van der Waals surface area contributed by atoms with E-state index >= 15 is 0 Å². The molecule has 3 amide bonds. The summed E-state index contributed by atoms with van der Waals surface area (Å²) >= 11 is 0. The summed E-state index contributed by atoms with van der Waals surface area (Å²) in [4.78, 5) is 23.8. The number of anilines is 1. The molecule has 0 radical (unpaired) electrons. The number of primary amides is 1. The van der Waals surface area contributed by atoms with E-state index in [0.29, 0.717) is 41.3 Å². The molecule has 0 fully saturated rings. The predicted octanol–water partition coefficient (Wildman–Crippen LogP) is 2.87. The van der Waals surface area contributed by atoms with Crippen molar-refractivity contribution in [3.8, 4) is 5.75 Å². The van der Waals surface area contributed by atoms with Crippen LogP contribution in [-0.4, -0.2) is 24.8 Å². The van der Waals surface area contributed by atoms with Crippen molar-refractivity contribution in [1.82, 2.24) is 5.43 Å². The maximum absolute atomic E-state index is 12.8. The number of amides is 3. The number of furan rings is 1. The van der Waals surface area contributed by atoms with Gasteiger partial charge in [0, 0.05) is 17.5 Å². The van der Waals surface area contributed by atoms with E-state index in [-0.39, 0.29) is 11.7 Å². The monoisotopic (exact) mass is 370 g/mol. The number of methoxy groups -OCH3 is 1. The SMILES string of the molecule is COc1ccc(C)cc1NC(=O)c1oc2c(c1C)/C(=N/NC(N)=O)CCC2. The van der Waals surface area contributed by atoms with Crippen LogP contribution in [0.1, 0.15) is 45.8 Å². The highest BCUT2D eigenvalue weighted by atomic mass is 16.5. The summed E-state index contributed by atoms with van der Waals surface area (Å²) in [6.07, 6.45) is 2.18. The molecule has 0 bridgehead atoms. The topological polar surface area (TPSA) is 119 Å². The first kappa shape index (κ1) is 18.5. The lowest BCUT2D eigenvalue weighted by Gasteiger charge is -2.13. The highest BCUT2D eigenvalue weighted by molar-refractivity contribution is 6.09. The van der Waals surface area contributed by atoms with E-state index in [0.717, 1.165) is 17.5 Å². The van der Waals surface area contributed by atoms with Gasteiger partial charge in [-0.2, -0.15) is 5.10 Å². The summed E-state index contributed by atoms with van der Waals surface area (Å²) in [5.41, 5.74) is 11.0. The minimum absolute atomic E-state index is 0.220. The van der Waals surface area contributed by atoms with Crippen molar-refractivity contribution in [3.05, 3.63) is 46.4 Å². The Balaban J connectivity index is 1.93. The van der Waals surface area contributed by atoms with Gasteiger partial charge in [0.15, 0.2) is 5.76 Å². The van der Waals surface area contributed by atoms with Gasteiger partial charge >= 0.3 is 6.03 Å². The molecular formula is C19H22N4O4. The quantitative estimate of drug-likeness (QED) is 0.717. The van der Waals surface area contributed by atoms with Crippen LogP contribution < -0.4 is 21.2 Å². The fourth-order valence-electron chi connectivity index (χ4n) is 3.22. The third-order valence-corrected chi connectivity index (χ3v) is 4.44. The van der Waals surface area contributed by atoms with Crippen LogP contribution in [0.25, 0.3) is 0 Å². The molecule has 27 heavy (non-hydrogen) atoms. The van der Waals surface area contributed by atoms with Crippen LogP contribution in [0.5, 0.6) is 5.75 Å². The normalized spacial score (nSPS) is 14.6. The Kier molecular flexibility index (Phi) is 5.16. The fourth-order valence-corrected chi connectivity index (χ4v) is 3.22. The lowest BCUT2D eigenvalue weighted by molar-refractivity contribution is 0.0993. The van der Waals surface area contributed by atoms with Crippen molar-refractivity contribution in [2.24, 2.45) is 10.8 Å². The number of nitrogens with zero attached hydrogens (tertiary/aromatic N) is 1. The highest BCUT2D eigenvalue weighted by Crippen LogP contribution is 2.31. The van der Waals surface area contributed by atoms with Gasteiger partial charge in [-0.05, 0) is 44.4 Å². The van der Waals surface area contributed by atoms with Gasteiger partial charge in [-0.15, -0.1) is 0 Å². The molecule has 1 aliphatic rings. The Bertz CT molecular complexity index is 930. The average molecular weight is 370 g/mol. The molecule has 142 valence electrons. The number of urea groups is 1. The molecule has 1 heterocycles. The fraction of sp³-hybridized carbons (Fsp3) is 0.316. The number of benzene rings is 1. The number of nitrogens with one attached hydrogen (secondary N) is 2. The van der Waals surface area contributed by atoms with Crippen molar-refractivity contribution in [2.45, 2.75) is 33.1 Å². The molecule has 1 aromatic carbocycles. The van der Waals surface area contributed by atoms with E-state index in [4.69, 9.17) is 14.9 Å². The van der Waals surface area contributed by atoms with Crippen molar-refractivity contribution in [3.63, 3.8) is 0 Å². The Labute approximate surface area is 156 Å². The maximum atomic E-state index is 12.8. The second-order valence-electron chi connectivity index (χ2n) is 6.40. The van der Waals surface area contributed by atoms with E-state index in [1.807, 2.05) is 19.1 Å². The van der Waals surface area contributed by atoms with Crippen LogP contribution in [0.3, 0.4) is 0 Å². The number of carbonyl (C=O) groups excluding carboxylic acids is 2. The smallest absolute Gasteiger partial charge is 0.332 e. The average Bonchev–Trinajstić information content (AvgIpc) is 2.98. The highest BCUT2D eigenvalue weighted by Gasteiger charge is 2.28. The molecule has 0 saturated carbocycles. The number of carbonyl (C=O) groups is 2. The van der Waals surface area contributed by atoms with Gasteiger partial charge in [0.25, 0.3) is 5.91 Å². The summed E-state index contributed by atoms with van der Waals surface area (Å²) in [5, 5.41) is 6.91. The number of hydrogen-bond donors (Lipinski definition) is 3. The zero-order chi connectivity index (χ0) is 19.6. The summed E-state index contributed by atoms with van der Waals surface area (Å²) in [5.74, 6) is 1.10. The van der Waals surface area contributed by atoms with Crippen LogP contribution in [0.2, 0.25) is 0 Å². The molecule has 1 aliphatic carbocycles. The van der Waals surface area contributed by atoms with Gasteiger partial charge < -0.3 is 20.2 Å². The first-order valence-corrected chi connectivity index (χ1v) is 8.61. The Morgan fingerprint density at radius 3 is 2.74 bits per heavy atom. The van der Waals surface area contributed by atoms with Gasteiger partial charge in [0.05, 0.1) is 18.5 Å². The molecule has 1 aromatic heterocycles. The van der Waals surface area contributed by atoms with Crippen LogP contribution in [-0.2, 0) is 6.42 Å². The number of rotatable bonds is 4. The molecule has 8 nitrogen and oxygen atoms in total.